The highest BCUT2D eigenvalue weighted by Gasteiger charge is 2.54. The van der Waals surface area contributed by atoms with Crippen molar-refractivity contribution in [2.45, 2.75) is 43.1 Å². The molecule has 3 atom stereocenters. The van der Waals surface area contributed by atoms with Crippen molar-refractivity contribution in [1.29, 1.82) is 0 Å². The van der Waals surface area contributed by atoms with Crippen LogP contribution in [-0.2, 0) is 78.9 Å². The van der Waals surface area contributed by atoms with Gasteiger partial charge in [-0.25, -0.2) is 19.0 Å². The molecule has 4 heterocycles. The molecule has 2 amide bonds. The van der Waals surface area contributed by atoms with Gasteiger partial charge in [-0.3, -0.25) is 14.5 Å². The Morgan fingerprint density at radius 2 is 1.43 bits per heavy atom. The number of halogens is 1. The van der Waals surface area contributed by atoms with E-state index in [2.05, 4.69) is 15.2 Å². The zero-order valence-electron chi connectivity index (χ0n) is 48.2. The molecule has 2 N–H and O–H groups in total. The molecule has 6 aromatic carbocycles. The van der Waals surface area contributed by atoms with E-state index >= 15 is 4.39 Å². The topological polar surface area (TPSA) is 190 Å². The number of amidine groups is 1. The third-order valence-corrected chi connectivity index (χ3v) is 16.9. The Kier molecular flexibility index (Phi) is 21.4. The number of fused-ring (bicyclic) bond motifs is 2. The molecule has 87 heavy (non-hydrogen) atoms. The molecule has 0 saturated carbocycles. The van der Waals surface area contributed by atoms with E-state index in [0.717, 1.165) is 33.2 Å². The van der Waals surface area contributed by atoms with Gasteiger partial charge in [0.05, 0.1) is 45.7 Å². The predicted octanol–water partition coefficient (Wildman–Crippen LogP) is 9.34. The molecule has 450 valence electrons. The first kappa shape index (κ1) is 61.5. The number of carbonyl (C=O) groups excluding carboxylic acids is 3. The number of esters is 1. The van der Waals surface area contributed by atoms with Crippen molar-refractivity contribution in [3.05, 3.63) is 238 Å². The molecule has 0 spiro atoms. The highest BCUT2D eigenvalue weighted by molar-refractivity contribution is 8.05. The van der Waals surface area contributed by atoms with E-state index < -0.39 is 51.2 Å². The maximum absolute atomic E-state index is 15.9. The number of allylic oxidation sites excluding steroid dienone is 2. The normalized spacial score (nSPS) is 16.5. The van der Waals surface area contributed by atoms with Crippen LogP contribution in [0.3, 0.4) is 0 Å². The fourth-order valence-corrected chi connectivity index (χ4v) is 12.6. The number of hydrogen-bond acceptors (Lipinski definition) is 16. The van der Waals surface area contributed by atoms with Gasteiger partial charge in [0.1, 0.15) is 41.6 Å². The van der Waals surface area contributed by atoms with E-state index in [0.29, 0.717) is 53.3 Å². The number of carbonyl (C=O) groups is 3. The molecule has 3 unspecified atom stereocenters. The SMILES string of the molecule is COCCOCOc1cc(CON=S2C=C(CC(=O)NC3C(=O)N4C(C(=O)OCc5ccc(OC)cc5)=C(C=CC[n+]5cccc6ccccc65)CSC34)N=C2NC(c2ccccc2)(c2ccccc2)c2ccccc2)cc(F)c1OCOCCOC. The molecule has 1 fully saturated rings. The van der Waals surface area contributed by atoms with Crippen molar-refractivity contribution in [1.82, 2.24) is 15.5 Å². The molecule has 18 nitrogen and oxygen atoms in total. The van der Waals surface area contributed by atoms with Crippen molar-refractivity contribution in [2.24, 2.45) is 9.52 Å². The van der Waals surface area contributed by atoms with Gasteiger partial charge in [0.25, 0.3) is 5.91 Å². The zero-order chi connectivity index (χ0) is 60.4. The summed E-state index contributed by atoms with van der Waals surface area (Å²) in [4.78, 5) is 55.6. The number of benzene rings is 6. The van der Waals surface area contributed by atoms with Crippen LogP contribution in [0, 0.1) is 5.82 Å². The van der Waals surface area contributed by atoms with Crippen LogP contribution in [0.25, 0.3) is 10.9 Å². The maximum atomic E-state index is 15.9. The van der Waals surface area contributed by atoms with Gasteiger partial charge in [0, 0.05) is 53.6 Å². The van der Waals surface area contributed by atoms with Crippen LogP contribution in [0.5, 0.6) is 17.2 Å². The molecule has 3 aliphatic rings. The number of nitrogens with one attached hydrogen (secondary N) is 2. The van der Waals surface area contributed by atoms with Crippen LogP contribution >= 0.6 is 11.8 Å². The zero-order valence-corrected chi connectivity index (χ0v) is 49.8. The number of methoxy groups -OCH3 is 3. The molecule has 21 heteroatoms. The molecule has 7 aromatic rings. The van der Waals surface area contributed by atoms with Crippen LogP contribution in [-0.4, -0.2) is 106 Å². The highest BCUT2D eigenvalue weighted by atomic mass is 32.2. The highest BCUT2D eigenvalue weighted by Crippen LogP contribution is 2.42. The van der Waals surface area contributed by atoms with Gasteiger partial charge in [-0.05, 0) is 75.9 Å². The fraction of sp³-hybridized carbons (Fsp3) is 0.258. The number of para-hydroxylation sites is 1. The monoisotopic (exact) mass is 1220 g/mol. The van der Waals surface area contributed by atoms with Crippen LogP contribution in [0.2, 0.25) is 0 Å². The Morgan fingerprint density at radius 1 is 0.782 bits per heavy atom. The summed E-state index contributed by atoms with van der Waals surface area (Å²) >= 11 is 1.44. The van der Waals surface area contributed by atoms with Gasteiger partial charge in [-0.1, -0.05) is 126 Å². The molecule has 3 aliphatic heterocycles. The third kappa shape index (κ3) is 15.0. The summed E-state index contributed by atoms with van der Waals surface area (Å²) in [6.07, 6.45) is 5.57. The van der Waals surface area contributed by atoms with E-state index in [4.69, 9.17) is 52.3 Å². The summed E-state index contributed by atoms with van der Waals surface area (Å²) in [5, 5.41) is 9.34. The summed E-state index contributed by atoms with van der Waals surface area (Å²) < 4.78 is 66.5. The number of thioether (sulfide) groups is 1. The number of rotatable bonds is 29. The Hall–Kier alpha value is -8.54. The number of pyridine rings is 1. The summed E-state index contributed by atoms with van der Waals surface area (Å²) in [5.74, 6) is -1.48. The van der Waals surface area contributed by atoms with Crippen molar-refractivity contribution < 1.29 is 66.1 Å². The number of ether oxygens (including phenoxy) is 8. The van der Waals surface area contributed by atoms with Gasteiger partial charge >= 0.3 is 5.97 Å². The quantitative estimate of drug-likeness (QED) is 0.00858. The summed E-state index contributed by atoms with van der Waals surface area (Å²) in [6, 6.07) is 50.9. The minimum absolute atomic E-state index is 0.0425. The van der Waals surface area contributed by atoms with Gasteiger partial charge in [-0.15, -0.1) is 11.8 Å². The number of amides is 2. The minimum atomic E-state index is -1.31. The summed E-state index contributed by atoms with van der Waals surface area (Å²) in [6.45, 7) is 0.868. The van der Waals surface area contributed by atoms with Gasteiger partial charge < -0.3 is 48.5 Å². The van der Waals surface area contributed by atoms with E-state index in [1.54, 1.807) is 57.1 Å². The number of aromatic nitrogens is 1. The third-order valence-electron chi connectivity index (χ3n) is 14.3. The average Bonchev–Trinajstić information content (AvgIpc) is 1.52. The lowest BCUT2D eigenvalue weighted by atomic mass is 9.77. The van der Waals surface area contributed by atoms with Crippen LogP contribution in [0.15, 0.2) is 214 Å². The van der Waals surface area contributed by atoms with Gasteiger partial charge in [0.15, 0.2) is 48.8 Å². The molecular formula is C66H66FN6O12S2+. The number of nitrogens with zero attached hydrogens (tertiary/aromatic N) is 4. The van der Waals surface area contributed by atoms with Crippen LogP contribution in [0.4, 0.5) is 4.39 Å². The number of β-lactam (4-membered cyclic amide) rings is 1. The molecular weight excluding hydrogens is 1150 g/mol. The van der Waals surface area contributed by atoms with E-state index in [-0.39, 0.29) is 63.6 Å². The van der Waals surface area contributed by atoms with Crippen molar-refractivity contribution >= 4 is 56.3 Å². The smallest absolute Gasteiger partial charge is 0.355 e. The molecule has 0 aliphatic carbocycles. The van der Waals surface area contributed by atoms with Crippen LogP contribution < -0.4 is 29.4 Å². The molecule has 10 rings (SSSR count). The van der Waals surface area contributed by atoms with Crippen molar-refractivity contribution in [3.63, 3.8) is 0 Å². The predicted molar refractivity (Wildman–Crippen MR) is 328 cm³/mol. The standard InChI is InChI=1S/C66H65FN6O12S2/c1-77-33-35-80-44-83-57-38-47(37-55(67)61(57)84-45-81-36-34-78-2)41-85-71-87-43-53(68-65(87)70-66(50-20-7-4-8-21-50,51-22-9-5-10-23-51)52-24-11-6-12-25-52)39-58(74)69-59-62(75)73-60(64(76)82-40-46-27-29-54(79-3)30-28-46)49(42-86-63(59)73)19-16-32-72-31-15-18-48-17-13-14-26-56(48)72/h4-31,37-38,43,59,63H,32-36,39-42,44-45H2,1-3H3,(H-,68,69,70,74)/p+1. The first-order valence-electron chi connectivity index (χ1n) is 28.0. The summed E-state index contributed by atoms with van der Waals surface area (Å²) in [7, 11) is 3.35. The second-order valence-electron chi connectivity index (χ2n) is 19.9. The number of hydrogen-bond donors (Lipinski definition) is 2. The largest absolute Gasteiger partial charge is 0.497 e. The average molecular weight is 1220 g/mol. The lowest BCUT2D eigenvalue weighted by Gasteiger charge is -2.49. The first-order chi connectivity index (χ1) is 42.7. The second kappa shape index (κ2) is 30.2. The van der Waals surface area contributed by atoms with E-state index in [1.165, 1.54) is 22.7 Å². The first-order valence-corrected chi connectivity index (χ1v) is 30.3. The minimum Gasteiger partial charge on any atom is -0.497 e. The fourth-order valence-electron chi connectivity index (χ4n) is 10.0. The van der Waals surface area contributed by atoms with Crippen molar-refractivity contribution in [3.8, 4) is 17.2 Å². The van der Waals surface area contributed by atoms with Gasteiger partial charge in [0.2, 0.25) is 11.4 Å². The van der Waals surface area contributed by atoms with E-state index in [9.17, 15) is 14.4 Å². The Labute approximate surface area is 510 Å². The van der Waals surface area contributed by atoms with E-state index in [1.807, 2.05) is 146 Å². The maximum Gasteiger partial charge on any atom is 0.355 e. The number of aliphatic imine (C=N–C) groups is 1. The lowest BCUT2D eigenvalue weighted by Crippen LogP contribution is -2.70. The Morgan fingerprint density at radius 3 is 2.09 bits per heavy atom. The molecule has 1 saturated heterocycles. The second-order valence-corrected chi connectivity index (χ2v) is 22.5. The Balaban J connectivity index is 0.916. The molecule has 0 radical (unpaired) electrons. The molecule has 0 bridgehead atoms. The Bertz CT molecular complexity index is 3590. The van der Waals surface area contributed by atoms with Gasteiger partial charge in [-0.2, -0.15) is 4.57 Å². The molecule has 1 aromatic heterocycles. The summed E-state index contributed by atoms with van der Waals surface area (Å²) in [5.41, 5.74) is 4.83. The lowest BCUT2D eigenvalue weighted by molar-refractivity contribution is -0.661. The van der Waals surface area contributed by atoms with Crippen molar-refractivity contribution in [2.75, 3.05) is 67.1 Å². The van der Waals surface area contributed by atoms with Crippen LogP contribution in [0.1, 0.15) is 34.2 Å².